The standard InChI is InChI=1S/C19H22N4O/c1-2-20-19(23-14-17-9-5-13-24-17)22-12-10-16-7-3-6-15-8-4-11-21-18(15)16/h3-9,11,13H,2,10,12,14H2,1H3,(H2,20,22,23). The minimum Gasteiger partial charge on any atom is -0.467 e. The number of fused-ring (bicyclic) bond motifs is 1. The first-order valence-electron chi connectivity index (χ1n) is 8.24. The van der Waals surface area contributed by atoms with E-state index < -0.39 is 0 Å². The van der Waals surface area contributed by atoms with Crippen LogP contribution in [0.5, 0.6) is 0 Å². The van der Waals surface area contributed by atoms with Crippen LogP contribution in [0.2, 0.25) is 0 Å². The first-order chi connectivity index (χ1) is 11.9. The number of guanidine groups is 1. The van der Waals surface area contributed by atoms with Gasteiger partial charge in [-0.25, -0.2) is 4.99 Å². The summed E-state index contributed by atoms with van der Waals surface area (Å²) in [4.78, 5) is 9.03. The monoisotopic (exact) mass is 322 g/mol. The number of para-hydroxylation sites is 1. The van der Waals surface area contributed by atoms with E-state index in [0.29, 0.717) is 6.54 Å². The van der Waals surface area contributed by atoms with Gasteiger partial charge in [-0.05, 0) is 37.1 Å². The summed E-state index contributed by atoms with van der Waals surface area (Å²) in [5.41, 5.74) is 2.31. The van der Waals surface area contributed by atoms with Crippen LogP contribution in [0.25, 0.3) is 10.9 Å². The molecule has 5 heteroatoms. The Bertz CT molecular complexity index is 791. The van der Waals surface area contributed by atoms with E-state index in [2.05, 4.69) is 51.8 Å². The molecule has 2 N–H and O–H groups in total. The van der Waals surface area contributed by atoms with Crippen LogP contribution < -0.4 is 10.6 Å². The van der Waals surface area contributed by atoms with Gasteiger partial charge in [0.2, 0.25) is 0 Å². The highest BCUT2D eigenvalue weighted by Crippen LogP contribution is 2.15. The van der Waals surface area contributed by atoms with Gasteiger partial charge in [0.05, 0.1) is 11.8 Å². The average molecular weight is 322 g/mol. The first-order valence-corrected chi connectivity index (χ1v) is 8.24. The Morgan fingerprint density at radius 2 is 2.04 bits per heavy atom. The van der Waals surface area contributed by atoms with Crippen molar-refractivity contribution in [3.8, 4) is 0 Å². The summed E-state index contributed by atoms with van der Waals surface area (Å²) in [5, 5.41) is 7.79. The number of furan rings is 1. The molecule has 2 aromatic heterocycles. The Morgan fingerprint density at radius 3 is 2.88 bits per heavy atom. The average Bonchev–Trinajstić information content (AvgIpc) is 3.13. The number of pyridine rings is 1. The van der Waals surface area contributed by atoms with Gasteiger partial charge in [-0.1, -0.05) is 24.3 Å². The lowest BCUT2D eigenvalue weighted by molar-refractivity contribution is 0.512. The van der Waals surface area contributed by atoms with Crippen molar-refractivity contribution in [2.45, 2.75) is 19.9 Å². The highest BCUT2D eigenvalue weighted by atomic mass is 16.3. The van der Waals surface area contributed by atoms with E-state index in [1.54, 1.807) is 6.26 Å². The summed E-state index contributed by atoms with van der Waals surface area (Å²) in [6.45, 7) is 4.19. The third-order valence-corrected chi connectivity index (χ3v) is 3.72. The topological polar surface area (TPSA) is 62.5 Å². The molecule has 0 fully saturated rings. The molecule has 0 atom stereocenters. The van der Waals surface area contributed by atoms with E-state index in [-0.39, 0.29) is 0 Å². The molecule has 0 radical (unpaired) electrons. The predicted molar refractivity (Wildman–Crippen MR) is 97.0 cm³/mol. The molecule has 0 aliphatic heterocycles. The molecule has 0 bridgehead atoms. The molecule has 124 valence electrons. The van der Waals surface area contributed by atoms with Gasteiger partial charge < -0.3 is 15.1 Å². The van der Waals surface area contributed by atoms with Crippen LogP contribution in [-0.2, 0) is 13.0 Å². The molecule has 0 spiro atoms. The fourth-order valence-electron chi connectivity index (χ4n) is 2.59. The molecule has 0 amide bonds. The maximum absolute atomic E-state index is 5.31. The lowest BCUT2D eigenvalue weighted by Gasteiger charge is -2.11. The second kappa shape index (κ2) is 8.15. The SMILES string of the molecule is CCNC(=NCc1ccco1)NCCc1cccc2cccnc12. The Morgan fingerprint density at radius 1 is 1.12 bits per heavy atom. The van der Waals surface area contributed by atoms with E-state index >= 15 is 0 Å². The smallest absolute Gasteiger partial charge is 0.191 e. The molecule has 1 aromatic carbocycles. The van der Waals surface area contributed by atoms with Gasteiger partial charge in [0, 0.05) is 24.7 Å². The Balaban J connectivity index is 1.61. The summed E-state index contributed by atoms with van der Waals surface area (Å²) in [6, 6.07) is 14.2. The number of rotatable bonds is 6. The fourth-order valence-corrected chi connectivity index (χ4v) is 2.59. The molecule has 0 aliphatic rings. The zero-order chi connectivity index (χ0) is 16.6. The first kappa shape index (κ1) is 16.1. The highest BCUT2D eigenvalue weighted by Gasteiger charge is 2.03. The van der Waals surface area contributed by atoms with Crippen LogP contribution in [0.4, 0.5) is 0 Å². The number of aliphatic imine (C=N–C) groups is 1. The van der Waals surface area contributed by atoms with Gasteiger partial charge >= 0.3 is 0 Å². The lowest BCUT2D eigenvalue weighted by atomic mass is 10.1. The van der Waals surface area contributed by atoms with Crippen LogP contribution in [0.3, 0.4) is 0 Å². The normalized spacial score (nSPS) is 11.6. The van der Waals surface area contributed by atoms with Gasteiger partial charge in [-0.3, -0.25) is 4.98 Å². The number of nitrogens with zero attached hydrogens (tertiary/aromatic N) is 2. The second-order valence-electron chi connectivity index (χ2n) is 5.44. The van der Waals surface area contributed by atoms with Crippen molar-refractivity contribution >= 4 is 16.9 Å². The van der Waals surface area contributed by atoms with E-state index in [9.17, 15) is 0 Å². The van der Waals surface area contributed by atoms with Crippen LogP contribution in [0.1, 0.15) is 18.2 Å². The van der Waals surface area contributed by atoms with E-state index in [0.717, 1.165) is 36.7 Å². The summed E-state index contributed by atoms with van der Waals surface area (Å²) in [7, 11) is 0. The molecule has 0 saturated carbocycles. The Kier molecular flexibility index (Phi) is 5.45. The molecule has 2 heterocycles. The third-order valence-electron chi connectivity index (χ3n) is 3.72. The minimum atomic E-state index is 0.526. The van der Waals surface area contributed by atoms with E-state index in [1.165, 1.54) is 10.9 Å². The molecule has 0 aliphatic carbocycles. The van der Waals surface area contributed by atoms with Gasteiger partial charge in [0.1, 0.15) is 12.3 Å². The second-order valence-corrected chi connectivity index (χ2v) is 5.44. The zero-order valence-electron chi connectivity index (χ0n) is 13.8. The van der Waals surface area contributed by atoms with Crippen molar-refractivity contribution in [2.24, 2.45) is 4.99 Å². The maximum atomic E-state index is 5.31. The zero-order valence-corrected chi connectivity index (χ0v) is 13.8. The highest BCUT2D eigenvalue weighted by molar-refractivity contribution is 5.82. The quantitative estimate of drug-likeness (QED) is 0.541. The molecule has 3 rings (SSSR count). The van der Waals surface area contributed by atoms with E-state index in [1.807, 2.05) is 24.4 Å². The number of hydrogen-bond donors (Lipinski definition) is 2. The number of aromatic nitrogens is 1. The lowest BCUT2D eigenvalue weighted by Crippen LogP contribution is -2.38. The van der Waals surface area contributed by atoms with Crippen molar-refractivity contribution in [1.82, 2.24) is 15.6 Å². The largest absolute Gasteiger partial charge is 0.467 e. The van der Waals surface area contributed by atoms with E-state index in [4.69, 9.17) is 4.42 Å². The van der Waals surface area contributed by atoms with Crippen molar-refractivity contribution < 1.29 is 4.42 Å². The van der Waals surface area contributed by atoms with Crippen molar-refractivity contribution in [3.05, 3.63) is 66.2 Å². The minimum absolute atomic E-state index is 0.526. The molecule has 24 heavy (non-hydrogen) atoms. The van der Waals surface area contributed by atoms with Crippen molar-refractivity contribution in [3.63, 3.8) is 0 Å². The number of nitrogens with one attached hydrogen (secondary N) is 2. The molecule has 5 nitrogen and oxygen atoms in total. The summed E-state index contributed by atoms with van der Waals surface area (Å²) < 4.78 is 5.31. The third kappa shape index (κ3) is 4.13. The van der Waals surface area contributed by atoms with Crippen LogP contribution in [0.15, 0.2) is 64.3 Å². The van der Waals surface area contributed by atoms with Crippen molar-refractivity contribution in [2.75, 3.05) is 13.1 Å². The van der Waals surface area contributed by atoms with Gasteiger partial charge in [0.25, 0.3) is 0 Å². The fraction of sp³-hybridized carbons (Fsp3) is 0.263. The van der Waals surface area contributed by atoms with Gasteiger partial charge in [-0.15, -0.1) is 0 Å². The maximum Gasteiger partial charge on any atom is 0.191 e. The molecular weight excluding hydrogens is 300 g/mol. The summed E-state index contributed by atoms with van der Waals surface area (Å²) >= 11 is 0. The Hall–Kier alpha value is -2.82. The molecule has 0 unspecified atom stereocenters. The Labute approximate surface area is 141 Å². The van der Waals surface area contributed by atoms with Crippen molar-refractivity contribution in [1.29, 1.82) is 0 Å². The molecular formula is C19H22N4O. The van der Waals surface area contributed by atoms with Crippen LogP contribution >= 0.6 is 0 Å². The predicted octanol–water partition coefficient (Wildman–Crippen LogP) is 3.13. The number of hydrogen-bond acceptors (Lipinski definition) is 3. The molecule has 3 aromatic rings. The van der Waals surface area contributed by atoms with Crippen LogP contribution in [-0.4, -0.2) is 24.0 Å². The van der Waals surface area contributed by atoms with Gasteiger partial charge in [0.15, 0.2) is 5.96 Å². The summed E-state index contributed by atoms with van der Waals surface area (Å²) in [5.74, 6) is 1.65. The van der Waals surface area contributed by atoms with Gasteiger partial charge in [-0.2, -0.15) is 0 Å². The summed E-state index contributed by atoms with van der Waals surface area (Å²) in [6.07, 6.45) is 4.40. The number of benzene rings is 1. The molecule has 0 saturated heterocycles. The van der Waals surface area contributed by atoms with Crippen LogP contribution in [0, 0.1) is 0 Å².